The molecular weight excluding hydrogens is 262 g/mol. The van der Waals surface area contributed by atoms with Crippen molar-refractivity contribution in [3.63, 3.8) is 0 Å². The molecule has 0 radical (unpaired) electrons. The highest BCUT2D eigenvalue weighted by molar-refractivity contribution is 7.91. The summed E-state index contributed by atoms with van der Waals surface area (Å²) in [7, 11) is -3.21. The molecule has 1 fully saturated rings. The van der Waals surface area contributed by atoms with Crippen LogP contribution in [0.15, 0.2) is 6.20 Å². The second kappa shape index (κ2) is 4.06. The van der Waals surface area contributed by atoms with Gasteiger partial charge in [0.05, 0.1) is 21.9 Å². The SMILES string of the molecule is Cc1ncc(CC2(C(=O)O)CCS(=O)(=O)C2)s1. The van der Waals surface area contributed by atoms with Crippen LogP contribution >= 0.6 is 11.3 Å². The quantitative estimate of drug-likeness (QED) is 0.885. The largest absolute Gasteiger partial charge is 0.481 e. The third kappa shape index (κ3) is 2.50. The predicted molar refractivity (Wildman–Crippen MR) is 63.9 cm³/mol. The van der Waals surface area contributed by atoms with Gasteiger partial charge in [-0.25, -0.2) is 13.4 Å². The summed E-state index contributed by atoms with van der Waals surface area (Å²) in [6.07, 6.45) is 2.09. The first kappa shape index (κ1) is 12.5. The minimum atomic E-state index is -3.21. The number of aliphatic carboxylic acids is 1. The fourth-order valence-corrected chi connectivity index (χ4v) is 5.12. The lowest BCUT2D eigenvalue weighted by Crippen LogP contribution is -2.34. The number of nitrogens with zero attached hydrogens (tertiary/aromatic N) is 1. The molecule has 94 valence electrons. The molecule has 17 heavy (non-hydrogen) atoms. The Hall–Kier alpha value is -0.950. The van der Waals surface area contributed by atoms with E-state index in [0.29, 0.717) is 0 Å². The maximum atomic E-state index is 11.5. The fourth-order valence-electron chi connectivity index (χ4n) is 2.12. The number of sulfone groups is 1. The maximum Gasteiger partial charge on any atom is 0.311 e. The molecule has 0 bridgehead atoms. The topological polar surface area (TPSA) is 84.3 Å². The van der Waals surface area contributed by atoms with Crippen LogP contribution in [0, 0.1) is 12.3 Å². The van der Waals surface area contributed by atoms with E-state index in [-0.39, 0.29) is 24.3 Å². The van der Waals surface area contributed by atoms with Crippen LogP contribution in [0.4, 0.5) is 0 Å². The monoisotopic (exact) mass is 275 g/mol. The molecule has 1 aliphatic heterocycles. The van der Waals surface area contributed by atoms with Crippen LogP contribution in [0.5, 0.6) is 0 Å². The highest BCUT2D eigenvalue weighted by Gasteiger charge is 2.48. The van der Waals surface area contributed by atoms with E-state index in [0.717, 1.165) is 9.88 Å². The second-order valence-corrected chi connectivity index (χ2v) is 7.95. The van der Waals surface area contributed by atoms with Crippen LogP contribution in [0.1, 0.15) is 16.3 Å². The van der Waals surface area contributed by atoms with Crippen LogP contribution in [0.25, 0.3) is 0 Å². The first-order valence-corrected chi connectivity index (χ1v) is 7.82. The van der Waals surface area contributed by atoms with Gasteiger partial charge in [-0.2, -0.15) is 0 Å². The van der Waals surface area contributed by atoms with E-state index in [1.165, 1.54) is 11.3 Å². The van der Waals surface area contributed by atoms with Gasteiger partial charge in [0.1, 0.15) is 0 Å². The van der Waals surface area contributed by atoms with E-state index in [1.54, 1.807) is 6.20 Å². The number of hydrogen-bond donors (Lipinski definition) is 1. The minimum absolute atomic E-state index is 0.0307. The summed E-state index contributed by atoms with van der Waals surface area (Å²) in [5.41, 5.74) is -1.15. The van der Waals surface area contributed by atoms with E-state index in [4.69, 9.17) is 0 Å². The van der Waals surface area contributed by atoms with Gasteiger partial charge in [-0.3, -0.25) is 4.79 Å². The molecule has 0 aliphatic carbocycles. The van der Waals surface area contributed by atoms with Gasteiger partial charge in [0.15, 0.2) is 9.84 Å². The molecule has 1 unspecified atom stereocenters. The van der Waals surface area contributed by atoms with E-state index in [9.17, 15) is 18.3 Å². The van der Waals surface area contributed by atoms with Gasteiger partial charge in [-0.05, 0) is 13.3 Å². The zero-order valence-corrected chi connectivity index (χ0v) is 11.0. The van der Waals surface area contributed by atoms with Crippen molar-refractivity contribution in [3.8, 4) is 0 Å². The molecule has 0 spiro atoms. The highest BCUT2D eigenvalue weighted by atomic mass is 32.2. The molecule has 5 nitrogen and oxygen atoms in total. The lowest BCUT2D eigenvalue weighted by atomic mass is 9.84. The summed E-state index contributed by atoms with van der Waals surface area (Å²) in [5, 5.41) is 10.1. The van der Waals surface area contributed by atoms with Crippen LogP contribution in [0.3, 0.4) is 0 Å². The Morgan fingerprint density at radius 3 is 2.76 bits per heavy atom. The number of rotatable bonds is 3. The van der Waals surface area contributed by atoms with Gasteiger partial charge in [0, 0.05) is 17.5 Å². The molecule has 0 saturated carbocycles. The third-order valence-electron chi connectivity index (χ3n) is 3.02. The summed E-state index contributed by atoms with van der Waals surface area (Å²) < 4.78 is 22.9. The normalized spacial score (nSPS) is 27.1. The highest BCUT2D eigenvalue weighted by Crippen LogP contribution is 2.37. The summed E-state index contributed by atoms with van der Waals surface area (Å²) in [4.78, 5) is 16.2. The van der Waals surface area contributed by atoms with Gasteiger partial charge < -0.3 is 5.11 Å². The molecule has 1 aromatic rings. The molecule has 2 heterocycles. The van der Waals surface area contributed by atoms with E-state index in [1.807, 2.05) is 6.92 Å². The molecule has 1 aliphatic rings. The van der Waals surface area contributed by atoms with Gasteiger partial charge in [0.2, 0.25) is 0 Å². The Bertz CT molecular complexity index is 548. The summed E-state index contributed by atoms with van der Waals surface area (Å²) in [6, 6.07) is 0. The average Bonchev–Trinajstić information content (AvgIpc) is 2.72. The van der Waals surface area contributed by atoms with Crippen molar-refractivity contribution in [2.75, 3.05) is 11.5 Å². The van der Waals surface area contributed by atoms with Crippen LogP contribution < -0.4 is 0 Å². The molecular formula is C10H13NO4S2. The van der Waals surface area contributed by atoms with Crippen molar-refractivity contribution in [3.05, 3.63) is 16.1 Å². The van der Waals surface area contributed by atoms with Crippen LogP contribution in [0.2, 0.25) is 0 Å². The van der Waals surface area contributed by atoms with Crippen molar-refractivity contribution in [2.45, 2.75) is 19.8 Å². The first-order chi connectivity index (χ1) is 7.83. The zero-order chi connectivity index (χ0) is 12.7. The lowest BCUT2D eigenvalue weighted by Gasteiger charge is -2.20. The van der Waals surface area contributed by atoms with Crippen molar-refractivity contribution in [2.24, 2.45) is 5.41 Å². The molecule has 1 saturated heterocycles. The number of thiazole rings is 1. The van der Waals surface area contributed by atoms with E-state index < -0.39 is 21.2 Å². The standard InChI is InChI=1S/C10H13NO4S2/c1-7-11-5-8(16-7)4-10(9(12)13)2-3-17(14,15)6-10/h5H,2-4,6H2,1H3,(H,12,13). The van der Waals surface area contributed by atoms with E-state index in [2.05, 4.69) is 4.98 Å². The number of aromatic nitrogens is 1. The van der Waals surface area contributed by atoms with Crippen molar-refractivity contribution < 1.29 is 18.3 Å². The fraction of sp³-hybridized carbons (Fsp3) is 0.600. The number of carbonyl (C=O) groups is 1. The van der Waals surface area contributed by atoms with Crippen LogP contribution in [-0.4, -0.2) is 36.0 Å². The molecule has 1 aromatic heterocycles. The third-order valence-corrected chi connectivity index (χ3v) is 5.75. The van der Waals surface area contributed by atoms with Crippen LogP contribution in [-0.2, 0) is 21.1 Å². The molecule has 1 N–H and O–H groups in total. The summed E-state index contributed by atoms with van der Waals surface area (Å²) >= 11 is 1.42. The van der Waals surface area contributed by atoms with Gasteiger partial charge in [0.25, 0.3) is 0 Å². The van der Waals surface area contributed by atoms with Crippen molar-refractivity contribution >= 4 is 27.1 Å². The maximum absolute atomic E-state index is 11.5. The number of carboxylic acids is 1. The minimum Gasteiger partial charge on any atom is -0.481 e. The molecule has 0 aromatic carbocycles. The zero-order valence-electron chi connectivity index (χ0n) is 9.34. The summed E-state index contributed by atoms with van der Waals surface area (Å²) in [5.74, 6) is -1.31. The Balaban J connectivity index is 2.28. The number of aryl methyl sites for hydroxylation is 1. The molecule has 2 rings (SSSR count). The number of carboxylic acid groups (broad SMARTS) is 1. The lowest BCUT2D eigenvalue weighted by molar-refractivity contribution is -0.147. The van der Waals surface area contributed by atoms with Crippen molar-refractivity contribution in [1.82, 2.24) is 4.98 Å². The Morgan fingerprint density at radius 2 is 2.35 bits per heavy atom. The molecule has 7 heteroatoms. The average molecular weight is 275 g/mol. The van der Waals surface area contributed by atoms with Gasteiger partial charge in [-0.1, -0.05) is 0 Å². The molecule has 0 amide bonds. The van der Waals surface area contributed by atoms with Gasteiger partial charge >= 0.3 is 5.97 Å². The smallest absolute Gasteiger partial charge is 0.311 e. The Kier molecular flexibility index (Phi) is 2.99. The Labute approximate surface area is 103 Å². The predicted octanol–water partition coefficient (Wildman–Crippen LogP) is 0.884. The second-order valence-electron chi connectivity index (χ2n) is 4.45. The molecule has 1 atom stereocenters. The number of hydrogen-bond acceptors (Lipinski definition) is 5. The first-order valence-electron chi connectivity index (χ1n) is 5.18. The van der Waals surface area contributed by atoms with Crippen molar-refractivity contribution in [1.29, 1.82) is 0 Å². The van der Waals surface area contributed by atoms with E-state index >= 15 is 0 Å². The Morgan fingerprint density at radius 1 is 1.65 bits per heavy atom. The van der Waals surface area contributed by atoms with Gasteiger partial charge in [-0.15, -0.1) is 11.3 Å². The summed E-state index contributed by atoms with van der Waals surface area (Å²) in [6.45, 7) is 1.84.